The fraction of sp³-hybridized carbons (Fsp3) is 0.318. The van der Waals surface area contributed by atoms with Gasteiger partial charge in [-0.1, -0.05) is 13.3 Å². The number of pyridine rings is 3. The molecular weight excluding hydrogens is 398 g/mol. The summed E-state index contributed by atoms with van der Waals surface area (Å²) >= 11 is 0. The van der Waals surface area contributed by atoms with Gasteiger partial charge in [0.2, 0.25) is 0 Å². The van der Waals surface area contributed by atoms with E-state index < -0.39 is 11.5 Å². The van der Waals surface area contributed by atoms with E-state index in [-0.39, 0.29) is 28.9 Å². The van der Waals surface area contributed by atoms with E-state index in [2.05, 4.69) is 22.1 Å². The van der Waals surface area contributed by atoms with E-state index in [1.807, 2.05) is 0 Å². The molecule has 9 nitrogen and oxygen atoms in total. The van der Waals surface area contributed by atoms with Crippen LogP contribution in [0.15, 0.2) is 40.2 Å². The number of aromatic amines is 1. The van der Waals surface area contributed by atoms with Crippen LogP contribution in [0.3, 0.4) is 0 Å². The number of unbranched alkanes of at least 4 members (excludes halogenated alkanes) is 1. The first kappa shape index (κ1) is 20.5. The zero-order chi connectivity index (χ0) is 22.1. The average Bonchev–Trinajstić information content (AvgIpc) is 3.14. The molecule has 31 heavy (non-hydrogen) atoms. The summed E-state index contributed by atoms with van der Waals surface area (Å²) in [6.45, 7) is 6.26. The number of carbonyl (C=O) groups is 1. The number of hydrogen-bond donors (Lipinski definition) is 1. The fourth-order valence-corrected chi connectivity index (χ4v) is 3.57. The van der Waals surface area contributed by atoms with Gasteiger partial charge < -0.3 is 9.30 Å². The molecule has 4 rings (SSSR count). The number of fused-ring (bicyclic) bond motifs is 2. The van der Waals surface area contributed by atoms with Gasteiger partial charge in [-0.25, -0.2) is 9.78 Å². The number of rotatable bonds is 6. The molecular formula is C22H23N5O4. The Kier molecular flexibility index (Phi) is 5.41. The van der Waals surface area contributed by atoms with Crippen molar-refractivity contribution in [2.75, 3.05) is 6.61 Å². The molecule has 0 saturated carbocycles. The molecule has 4 aromatic rings. The molecule has 160 valence electrons. The average molecular weight is 421 g/mol. The van der Waals surface area contributed by atoms with Gasteiger partial charge in [0.1, 0.15) is 5.56 Å². The molecule has 0 amide bonds. The molecule has 0 unspecified atom stereocenters. The summed E-state index contributed by atoms with van der Waals surface area (Å²) in [5, 5.41) is 7.53. The summed E-state index contributed by atoms with van der Waals surface area (Å²) < 4.78 is 8.01. The first-order valence-corrected chi connectivity index (χ1v) is 10.2. The van der Waals surface area contributed by atoms with Crippen LogP contribution in [0.4, 0.5) is 0 Å². The Morgan fingerprint density at radius 2 is 1.81 bits per heavy atom. The quantitative estimate of drug-likeness (QED) is 0.378. The molecule has 0 saturated heterocycles. The maximum Gasteiger partial charge on any atom is 0.343 e. The van der Waals surface area contributed by atoms with Crippen LogP contribution in [0.1, 0.15) is 42.7 Å². The molecule has 0 aliphatic carbocycles. The lowest BCUT2D eigenvalue weighted by Gasteiger charge is -2.09. The second-order valence-corrected chi connectivity index (χ2v) is 7.28. The molecule has 1 N–H and O–H groups in total. The van der Waals surface area contributed by atoms with Crippen molar-refractivity contribution in [3.8, 4) is 5.82 Å². The summed E-state index contributed by atoms with van der Waals surface area (Å²) in [7, 11) is 0. The minimum absolute atomic E-state index is 0.149. The van der Waals surface area contributed by atoms with Crippen molar-refractivity contribution in [1.29, 1.82) is 0 Å². The standard InChI is InChI=1S/C22H23N5O4/c1-4-6-9-26-10-7-16-14(20(26)28)12-15-17(23-16)8-11-27(21(15)29)19-18(13(3)24-25-19)22(30)31-5-2/h7-8,10-12H,4-6,9H2,1-3H3,(H,24,25). The van der Waals surface area contributed by atoms with Crippen LogP contribution in [0.25, 0.3) is 27.6 Å². The zero-order valence-electron chi connectivity index (χ0n) is 17.6. The maximum atomic E-state index is 13.3. The smallest absolute Gasteiger partial charge is 0.343 e. The third-order valence-electron chi connectivity index (χ3n) is 5.20. The van der Waals surface area contributed by atoms with E-state index >= 15 is 0 Å². The van der Waals surface area contributed by atoms with Crippen LogP contribution >= 0.6 is 0 Å². The van der Waals surface area contributed by atoms with E-state index in [1.54, 1.807) is 42.8 Å². The zero-order valence-corrected chi connectivity index (χ0v) is 17.6. The molecule has 9 heteroatoms. The first-order valence-electron chi connectivity index (χ1n) is 10.2. The van der Waals surface area contributed by atoms with Crippen molar-refractivity contribution in [1.82, 2.24) is 24.3 Å². The van der Waals surface area contributed by atoms with Gasteiger partial charge in [-0.05, 0) is 38.5 Å². The number of aromatic nitrogens is 5. The van der Waals surface area contributed by atoms with E-state index in [0.717, 1.165) is 12.8 Å². The molecule has 0 radical (unpaired) electrons. The predicted octanol–water partition coefficient (Wildman–Crippen LogP) is 2.71. The summed E-state index contributed by atoms with van der Waals surface area (Å²) in [6, 6.07) is 5.02. The van der Waals surface area contributed by atoms with E-state index in [1.165, 1.54) is 10.8 Å². The van der Waals surface area contributed by atoms with Crippen LogP contribution in [0, 0.1) is 6.92 Å². The second kappa shape index (κ2) is 8.17. The molecule has 0 atom stereocenters. The first-order chi connectivity index (χ1) is 15.0. The predicted molar refractivity (Wildman–Crippen MR) is 117 cm³/mol. The Bertz CT molecular complexity index is 1410. The molecule has 0 aromatic carbocycles. The van der Waals surface area contributed by atoms with Crippen molar-refractivity contribution in [2.24, 2.45) is 0 Å². The van der Waals surface area contributed by atoms with Crippen LogP contribution in [-0.2, 0) is 11.3 Å². The van der Waals surface area contributed by atoms with Crippen LogP contribution < -0.4 is 11.1 Å². The Hall–Kier alpha value is -3.75. The third kappa shape index (κ3) is 3.52. The van der Waals surface area contributed by atoms with Crippen molar-refractivity contribution in [3.63, 3.8) is 0 Å². The van der Waals surface area contributed by atoms with Gasteiger partial charge in [-0.2, -0.15) is 5.10 Å². The van der Waals surface area contributed by atoms with Gasteiger partial charge >= 0.3 is 5.97 Å². The number of hydrogen-bond acceptors (Lipinski definition) is 6. The van der Waals surface area contributed by atoms with E-state index in [4.69, 9.17) is 4.74 Å². The van der Waals surface area contributed by atoms with E-state index in [0.29, 0.717) is 28.7 Å². The normalized spacial score (nSPS) is 11.3. The van der Waals surface area contributed by atoms with Gasteiger partial charge in [0.05, 0.1) is 28.4 Å². The van der Waals surface area contributed by atoms with Gasteiger partial charge in [0, 0.05) is 24.6 Å². The minimum Gasteiger partial charge on any atom is -0.462 e. The Labute approximate surface area is 177 Å². The SMILES string of the molecule is CCCCn1ccc2nc3ccn(-c4n[nH]c(C)c4C(=O)OCC)c(=O)c3cc2c1=O. The number of aryl methyl sites for hydroxylation is 2. The van der Waals surface area contributed by atoms with Crippen molar-refractivity contribution in [3.05, 3.63) is 62.6 Å². The second-order valence-electron chi connectivity index (χ2n) is 7.28. The topological polar surface area (TPSA) is 112 Å². The van der Waals surface area contributed by atoms with Crippen molar-refractivity contribution >= 4 is 27.8 Å². The fourth-order valence-electron chi connectivity index (χ4n) is 3.57. The Morgan fingerprint density at radius 3 is 2.52 bits per heavy atom. The molecule has 4 aromatic heterocycles. The number of nitrogens with zero attached hydrogens (tertiary/aromatic N) is 4. The lowest BCUT2D eigenvalue weighted by molar-refractivity contribution is 0.0525. The molecule has 0 aliphatic rings. The van der Waals surface area contributed by atoms with E-state index in [9.17, 15) is 14.4 Å². The highest BCUT2D eigenvalue weighted by Crippen LogP contribution is 2.19. The number of nitrogens with one attached hydrogen (secondary N) is 1. The highest BCUT2D eigenvalue weighted by Gasteiger charge is 2.22. The van der Waals surface area contributed by atoms with Crippen LogP contribution in [0.5, 0.6) is 0 Å². The third-order valence-corrected chi connectivity index (χ3v) is 5.20. The monoisotopic (exact) mass is 421 g/mol. The molecule has 0 bridgehead atoms. The number of carbonyl (C=O) groups excluding carboxylic acids is 1. The maximum absolute atomic E-state index is 13.3. The van der Waals surface area contributed by atoms with Crippen molar-refractivity contribution in [2.45, 2.75) is 40.2 Å². The number of ether oxygens (including phenoxy) is 1. The summed E-state index contributed by atoms with van der Waals surface area (Å²) in [5.74, 6) is -0.414. The highest BCUT2D eigenvalue weighted by molar-refractivity contribution is 5.95. The molecule has 4 heterocycles. The van der Waals surface area contributed by atoms with Gasteiger partial charge in [0.15, 0.2) is 5.82 Å². The minimum atomic E-state index is -0.564. The van der Waals surface area contributed by atoms with Gasteiger partial charge in [0.25, 0.3) is 11.1 Å². The summed E-state index contributed by atoms with van der Waals surface area (Å²) in [6.07, 6.45) is 5.11. The highest BCUT2D eigenvalue weighted by atomic mass is 16.5. The largest absolute Gasteiger partial charge is 0.462 e. The molecule has 0 fully saturated rings. The van der Waals surface area contributed by atoms with Crippen molar-refractivity contribution < 1.29 is 9.53 Å². The molecule has 0 spiro atoms. The summed E-state index contributed by atoms with van der Waals surface area (Å²) in [4.78, 5) is 43.1. The van der Waals surface area contributed by atoms with Gasteiger partial charge in [-0.15, -0.1) is 0 Å². The summed E-state index contributed by atoms with van der Waals surface area (Å²) in [5.41, 5.74) is 1.08. The van der Waals surface area contributed by atoms with Gasteiger partial charge in [-0.3, -0.25) is 19.3 Å². The lowest BCUT2D eigenvalue weighted by atomic mass is 10.1. The Morgan fingerprint density at radius 1 is 1.10 bits per heavy atom. The lowest BCUT2D eigenvalue weighted by Crippen LogP contribution is -2.23. The Balaban J connectivity index is 1.92. The number of esters is 1. The van der Waals surface area contributed by atoms with Crippen LogP contribution in [-0.4, -0.2) is 36.9 Å². The molecule has 0 aliphatic heterocycles. The number of H-pyrrole nitrogens is 1. The van der Waals surface area contributed by atoms with Crippen LogP contribution in [0.2, 0.25) is 0 Å².